The third-order valence-electron chi connectivity index (χ3n) is 10.3. The number of piperidine rings is 1. The number of hydrogen-bond acceptors (Lipinski definition) is 5. The second kappa shape index (κ2) is 13.1. The van der Waals surface area contributed by atoms with Gasteiger partial charge in [-0.3, -0.25) is 19.7 Å². The molecule has 6 rings (SSSR count). The molecule has 2 saturated heterocycles. The van der Waals surface area contributed by atoms with Gasteiger partial charge in [0.15, 0.2) is 0 Å². The van der Waals surface area contributed by atoms with E-state index in [1.54, 1.807) is 12.1 Å². The first-order valence-electron chi connectivity index (χ1n) is 16.0. The molecular formula is C34H45FN4O2. The minimum absolute atomic E-state index is 0.167. The second-order valence-electron chi connectivity index (χ2n) is 13.0. The number of nitrogens with zero attached hydrogens (tertiary/aromatic N) is 4. The summed E-state index contributed by atoms with van der Waals surface area (Å²) in [5, 5.41) is 12.4. The number of likely N-dealkylation sites (tertiary alicyclic amines) is 2. The monoisotopic (exact) mass is 560 g/mol. The van der Waals surface area contributed by atoms with Crippen LogP contribution in [0.2, 0.25) is 0 Å². The summed E-state index contributed by atoms with van der Waals surface area (Å²) < 4.78 is 14.3. The third kappa shape index (κ3) is 6.89. The molecule has 3 fully saturated rings. The molecule has 220 valence electrons. The average molecular weight is 561 g/mol. The molecule has 3 heterocycles. The molecule has 1 aliphatic carbocycles. The highest BCUT2D eigenvalue weighted by molar-refractivity contribution is 5.74. The maximum atomic E-state index is 14.3. The van der Waals surface area contributed by atoms with Crippen molar-refractivity contribution in [2.24, 2.45) is 27.7 Å². The lowest BCUT2D eigenvalue weighted by atomic mass is 9.83. The Bertz CT molecular complexity index is 1320. The topological polar surface area (TPSA) is 68.5 Å². The van der Waals surface area contributed by atoms with Gasteiger partial charge in [0.25, 0.3) is 0 Å². The van der Waals surface area contributed by atoms with E-state index in [9.17, 15) is 14.3 Å². The Labute approximate surface area is 243 Å². The summed E-state index contributed by atoms with van der Waals surface area (Å²) in [6, 6.07) is 13.1. The Kier molecular flexibility index (Phi) is 9.11. The average Bonchev–Trinajstić information content (AvgIpc) is 3.61. The minimum Gasteiger partial charge on any atom is -0.480 e. The Balaban J connectivity index is 1.05. The molecule has 0 aromatic heterocycles. The summed E-state index contributed by atoms with van der Waals surface area (Å²) in [4.78, 5) is 26.2. The lowest BCUT2D eigenvalue weighted by Gasteiger charge is -2.35. The molecule has 0 spiro atoms. The van der Waals surface area contributed by atoms with E-state index < -0.39 is 12.0 Å². The summed E-state index contributed by atoms with van der Waals surface area (Å²) in [5.74, 6) is 0.594. The van der Waals surface area contributed by atoms with Crippen LogP contribution in [0.3, 0.4) is 0 Å². The van der Waals surface area contributed by atoms with Gasteiger partial charge in [0.2, 0.25) is 0 Å². The van der Waals surface area contributed by atoms with Crippen LogP contribution in [0.5, 0.6) is 0 Å². The smallest absolute Gasteiger partial charge is 0.321 e. The van der Waals surface area contributed by atoms with Gasteiger partial charge in [-0.05, 0) is 105 Å². The zero-order valence-electron chi connectivity index (χ0n) is 24.3. The van der Waals surface area contributed by atoms with Gasteiger partial charge in [0, 0.05) is 25.6 Å². The van der Waals surface area contributed by atoms with E-state index in [-0.39, 0.29) is 17.7 Å². The molecule has 4 aliphatic rings. The fraction of sp³-hybridized carbons (Fsp3) is 0.618. The first-order chi connectivity index (χ1) is 20.0. The van der Waals surface area contributed by atoms with Crippen LogP contribution in [0.25, 0.3) is 0 Å². The summed E-state index contributed by atoms with van der Waals surface area (Å²) in [6.45, 7) is 5.23. The molecule has 1 saturated carbocycles. The number of aliphatic carboxylic acids is 1. The molecule has 6 nitrogen and oxygen atoms in total. The zero-order valence-corrected chi connectivity index (χ0v) is 24.3. The normalized spacial score (nSPS) is 25.0. The number of rotatable bonds is 10. The fourth-order valence-corrected chi connectivity index (χ4v) is 8.09. The molecule has 3 atom stereocenters. The third-order valence-corrected chi connectivity index (χ3v) is 10.3. The van der Waals surface area contributed by atoms with Crippen molar-refractivity contribution in [2.45, 2.75) is 76.2 Å². The van der Waals surface area contributed by atoms with Gasteiger partial charge in [-0.15, -0.1) is 0 Å². The van der Waals surface area contributed by atoms with E-state index in [1.165, 1.54) is 43.7 Å². The highest BCUT2D eigenvalue weighted by atomic mass is 19.1. The van der Waals surface area contributed by atoms with Gasteiger partial charge in [0.05, 0.1) is 10.7 Å². The number of benzene rings is 2. The first-order valence-corrected chi connectivity index (χ1v) is 16.0. The summed E-state index contributed by atoms with van der Waals surface area (Å²) in [5.41, 5.74) is 2.39. The van der Waals surface area contributed by atoms with Gasteiger partial charge in [-0.1, -0.05) is 43.9 Å². The van der Waals surface area contributed by atoms with E-state index in [0.29, 0.717) is 19.1 Å². The van der Waals surface area contributed by atoms with Crippen molar-refractivity contribution in [3.05, 3.63) is 70.1 Å². The second-order valence-corrected chi connectivity index (χ2v) is 13.0. The molecule has 1 N–H and O–H groups in total. The maximum Gasteiger partial charge on any atom is 0.321 e. The van der Waals surface area contributed by atoms with Crippen LogP contribution in [0.1, 0.15) is 74.8 Å². The van der Waals surface area contributed by atoms with E-state index in [1.807, 2.05) is 6.07 Å². The Morgan fingerprint density at radius 2 is 1.78 bits per heavy atom. The summed E-state index contributed by atoms with van der Waals surface area (Å²) >= 11 is 0. The van der Waals surface area contributed by atoms with Crippen molar-refractivity contribution in [1.29, 1.82) is 0 Å². The molecule has 2 aromatic carbocycles. The highest BCUT2D eigenvalue weighted by Gasteiger charge is 2.43. The molecule has 3 aliphatic heterocycles. The van der Waals surface area contributed by atoms with Crippen LogP contribution in [0, 0.1) is 23.6 Å². The van der Waals surface area contributed by atoms with Crippen LogP contribution in [0.4, 0.5) is 4.39 Å². The largest absolute Gasteiger partial charge is 0.480 e. The van der Waals surface area contributed by atoms with Crippen LogP contribution in [0.15, 0.2) is 52.4 Å². The first kappa shape index (κ1) is 28.5. The molecule has 3 unspecified atom stereocenters. The van der Waals surface area contributed by atoms with Gasteiger partial charge in [0.1, 0.15) is 18.5 Å². The SMILES string of the molecule is O=C(O)C(C1CCCCC1)N1CC(CN2CCC(CCCc3ccc4c(c3)=NCN=4)CC2)C(c2cccc(F)c2)C1. The zero-order chi connectivity index (χ0) is 28.2. The Hall–Kier alpha value is -2.64. The number of hydrogen-bond donors (Lipinski definition) is 1. The van der Waals surface area contributed by atoms with Gasteiger partial charge in [-0.2, -0.15) is 0 Å². The van der Waals surface area contributed by atoms with Gasteiger partial charge < -0.3 is 10.0 Å². The number of carbonyl (C=O) groups is 1. The maximum absolute atomic E-state index is 14.3. The lowest BCUT2D eigenvalue weighted by molar-refractivity contribution is -0.145. The van der Waals surface area contributed by atoms with E-state index >= 15 is 0 Å². The van der Waals surface area contributed by atoms with Gasteiger partial charge >= 0.3 is 5.97 Å². The minimum atomic E-state index is -0.680. The molecule has 0 amide bonds. The molecule has 0 bridgehead atoms. The van der Waals surface area contributed by atoms with Gasteiger partial charge in [-0.25, -0.2) is 4.39 Å². The molecule has 41 heavy (non-hydrogen) atoms. The number of halogens is 1. The van der Waals surface area contributed by atoms with Crippen molar-refractivity contribution >= 4 is 5.97 Å². The summed E-state index contributed by atoms with van der Waals surface area (Å²) in [6.07, 6.45) is 11.5. The van der Waals surface area contributed by atoms with E-state index in [0.717, 1.165) is 80.5 Å². The predicted molar refractivity (Wildman–Crippen MR) is 158 cm³/mol. The lowest BCUT2D eigenvalue weighted by Crippen LogP contribution is -2.46. The quantitative estimate of drug-likeness (QED) is 0.453. The van der Waals surface area contributed by atoms with Crippen LogP contribution in [-0.4, -0.2) is 66.3 Å². The predicted octanol–water partition coefficient (Wildman–Crippen LogP) is 4.82. The fourth-order valence-electron chi connectivity index (χ4n) is 8.09. The number of aryl methyl sites for hydroxylation is 1. The molecule has 7 heteroatoms. The van der Waals surface area contributed by atoms with Crippen molar-refractivity contribution in [1.82, 2.24) is 9.80 Å². The standard InChI is InChI=1S/C34H45FN4O2/c35-29-11-5-10-27(19-29)30-22-39(33(34(40)41)26-8-2-1-3-9-26)21-28(30)20-38-16-14-24(15-17-38)6-4-7-25-12-13-31-32(18-25)37-23-36-31/h5,10-13,18-19,24,26,28,30,33H,1-4,6-9,14-17,20-23H2,(H,40,41). The van der Waals surface area contributed by atoms with Crippen LogP contribution < -0.4 is 10.7 Å². The van der Waals surface area contributed by atoms with Crippen LogP contribution in [-0.2, 0) is 11.2 Å². The molecule has 2 aromatic rings. The molecular weight excluding hydrogens is 515 g/mol. The Morgan fingerprint density at radius 3 is 2.56 bits per heavy atom. The highest BCUT2D eigenvalue weighted by Crippen LogP contribution is 2.39. The van der Waals surface area contributed by atoms with E-state index in [2.05, 4.69) is 38.0 Å². The van der Waals surface area contributed by atoms with Crippen molar-refractivity contribution in [2.75, 3.05) is 39.4 Å². The number of carboxylic acid groups (broad SMARTS) is 1. The summed E-state index contributed by atoms with van der Waals surface area (Å²) in [7, 11) is 0. The van der Waals surface area contributed by atoms with Crippen molar-refractivity contribution in [3.8, 4) is 0 Å². The van der Waals surface area contributed by atoms with E-state index in [4.69, 9.17) is 0 Å². The Morgan fingerprint density at radius 1 is 0.976 bits per heavy atom. The van der Waals surface area contributed by atoms with Crippen LogP contribution >= 0.6 is 0 Å². The number of carboxylic acids is 1. The molecule has 0 radical (unpaired) electrons. The van der Waals surface area contributed by atoms with Crippen molar-refractivity contribution in [3.63, 3.8) is 0 Å². The van der Waals surface area contributed by atoms with Crippen molar-refractivity contribution < 1.29 is 14.3 Å². The number of fused-ring (bicyclic) bond motifs is 1.